The molecule has 0 amide bonds. The molecule has 0 radical (unpaired) electrons. The first-order valence-corrected chi connectivity index (χ1v) is 11.1. The molecule has 146 valence electrons. The van der Waals surface area contributed by atoms with E-state index in [9.17, 15) is 9.59 Å². The number of aryl methyl sites for hydroxylation is 2. The summed E-state index contributed by atoms with van der Waals surface area (Å²) in [7, 11) is 0. The molecule has 4 rings (SSSR count). The summed E-state index contributed by atoms with van der Waals surface area (Å²) >= 11 is 3.25. The van der Waals surface area contributed by atoms with Crippen LogP contribution in [0.25, 0.3) is 21.4 Å². The molecule has 0 bridgehead atoms. The van der Waals surface area contributed by atoms with E-state index in [1.54, 1.807) is 27.7 Å². The van der Waals surface area contributed by atoms with Crippen molar-refractivity contribution in [3.63, 3.8) is 0 Å². The summed E-state index contributed by atoms with van der Waals surface area (Å²) in [5.41, 5.74) is 1.17. The van der Waals surface area contributed by atoms with E-state index in [0.717, 1.165) is 33.2 Å². The number of hydrogen-bond acceptors (Lipinski definition) is 6. The average molecular weight is 416 g/mol. The number of imidazole rings is 1. The molecule has 0 spiro atoms. The van der Waals surface area contributed by atoms with Gasteiger partial charge in [-0.1, -0.05) is 37.2 Å². The first-order chi connectivity index (χ1) is 13.6. The molecule has 4 aromatic rings. The number of aromatic amines is 1. The monoisotopic (exact) mass is 415 g/mol. The Morgan fingerprint density at radius 3 is 2.71 bits per heavy atom. The van der Waals surface area contributed by atoms with Gasteiger partial charge in [0.1, 0.15) is 5.82 Å². The van der Waals surface area contributed by atoms with Gasteiger partial charge < -0.3 is 4.57 Å². The van der Waals surface area contributed by atoms with Crippen molar-refractivity contribution in [3.8, 4) is 0 Å². The Kier molecular flexibility index (Phi) is 5.36. The zero-order valence-electron chi connectivity index (χ0n) is 15.8. The SMILES string of the molecule is CCCCn1c(=O)[nH]c(=O)c2c1nc(CSc1nc3ccccc3s1)n2CC. The Labute approximate surface area is 169 Å². The van der Waals surface area contributed by atoms with Crippen LogP contribution in [0.3, 0.4) is 0 Å². The first-order valence-electron chi connectivity index (χ1n) is 9.33. The molecule has 9 heteroatoms. The van der Waals surface area contributed by atoms with Crippen LogP contribution in [-0.2, 0) is 18.8 Å². The Morgan fingerprint density at radius 2 is 1.96 bits per heavy atom. The molecule has 0 fully saturated rings. The maximum atomic E-state index is 12.5. The van der Waals surface area contributed by atoms with Crippen LogP contribution in [0.1, 0.15) is 32.5 Å². The molecule has 0 aliphatic heterocycles. The van der Waals surface area contributed by atoms with E-state index in [1.807, 2.05) is 29.7 Å². The number of rotatable bonds is 7. The average Bonchev–Trinajstić information content (AvgIpc) is 3.27. The third-order valence-electron chi connectivity index (χ3n) is 4.62. The van der Waals surface area contributed by atoms with Gasteiger partial charge in [0.25, 0.3) is 5.56 Å². The van der Waals surface area contributed by atoms with Gasteiger partial charge in [-0.2, -0.15) is 0 Å². The first kappa shape index (κ1) is 18.9. The number of para-hydroxylation sites is 1. The quantitative estimate of drug-likeness (QED) is 0.466. The highest BCUT2D eigenvalue weighted by Gasteiger charge is 2.18. The van der Waals surface area contributed by atoms with Crippen molar-refractivity contribution in [3.05, 3.63) is 50.9 Å². The van der Waals surface area contributed by atoms with Gasteiger partial charge in [0, 0.05) is 13.1 Å². The fourth-order valence-corrected chi connectivity index (χ4v) is 5.25. The Morgan fingerprint density at radius 1 is 1.14 bits per heavy atom. The molecule has 3 aromatic heterocycles. The van der Waals surface area contributed by atoms with Crippen molar-refractivity contribution in [2.75, 3.05) is 0 Å². The van der Waals surface area contributed by atoms with Crippen LogP contribution in [0.5, 0.6) is 0 Å². The highest BCUT2D eigenvalue weighted by Crippen LogP contribution is 2.31. The fourth-order valence-electron chi connectivity index (χ4n) is 3.23. The second kappa shape index (κ2) is 7.92. The number of benzene rings is 1. The largest absolute Gasteiger partial charge is 0.330 e. The van der Waals surface area contributed by atoms with Gasteiger partial charge in [-0.3, -0.25) is 14.3 Å². The lowest BCUT2D eigenvalue weighted by Crippen LogP contribution is -2.31. The van der Waals surface area contributed by atoms with E-state index in [-0.39, 0.29) is 5.56 Å². The van der Waals surface area contributed by atoms with E-state index in [4.69, 9.17) is 0 Å². The number of nitrogens with one attached hydrogen (secondary N) is 1. The van der Waals surface area contributed by atoms with Gasteiger partial charge in [-0.15, -0.1) is 11.3 Å². The zero-order chi connectivity index (χ0) is 19.7. The second-order valence-electron chi connectivity index (χ2n) is 6.45. The smallest absolute Gasteiger partial charge is 0.322 e. The Bertz CT molecular complexity index is 1220. The minimum atomic E-state index is -0.392. The van der Waals surface area contributed by atoms with Crippen molar-refractivity contribution in [1.82, 2.24) is 24.1 Å². The lowest BCUT2D eigenvalue weighted by atomic mass is 10.3. The summed E-state index contributed by atoms with van der Waals surface area (Å²) in [4.78, 5) is 36.5. The highest BCUT2D eigenvalue weighted by atomic mass is 32.2. The van der Waals surface area contributed by atoms with Gasteiger partial charge in [0.2, 0.25) is 0 Å². The summed E-state index contributed by atoms with van der Waals surface area (Å²) in [6, 6.07) is 8.05. The lowest BCUT2D eigenvalue weighted by molar-refractivity contribution is 0.613. The zero-order valence-corrected chi connectivity index (χ0v) is 17.4. The molecule has 0 aliphatic carbocycles. The normalized spacial score (nSPS) is 11.6. The van der Waals surface area contributed by atoms with Crippen LogP contribution in [0.15, 0.2) is 38.2 Å². The fraction of sp³-hybridized carbons (Fsp3) is 0.368. The number of H-pyrrole nitrogens is 1. The molecule has 0 atom stereocenters. The van der Waals surface area contributed by atoms with Crippen LogP contribution in [0.2, 0.25) is 0 Å². The summed E-state index contributed by atoms with van der Waals surface area (Å²) in [5, 5.41) is 0. The van der Waals surface area contributed by atoms with E-state index < -0.39 is 5.69 Å². The number of nitrogens with zero attached hydrogens (tertiary/aromatic N) is 4. The maximum absolute atomic E-state index is 12.5. The summed E-state index contributed by atoms with van der Waals surface area (Å²) in [6.07, 6.45) is 1.82. The predicted molar refractivity (Wildman–Crippen MR) is 114 cm³/mol. The number of hydrogen-bond donors (Lipinski definition) is 1. The van der Waals surface area contributed by atoms with Crippen molar-refractivity contribution in [2.24, 2.45) is 0 Å². The number of thiazole rings is 1. The summed E-state index contributed by atoms with van der Waals surface area (Å²) < 4.78 is 5.60. The molecule has 0 unspecified atom stereocenters. The number of aromatic nitrogens is 5. The van der Waals surface area contributed by atoms with Crippen molar-refractivity contribution < 1.29 is 0 Å². The predicted octanol–water partition coefficient (Wildman–Crippen LogP) is 3.61. The maximum Gasteiger partial charge on any atom is 0.330 e. The molecule has 0 saturated heterocycles. The molecular weight excluding hydrogens is 394 g/mol. The van der Waals surface area contributed by atoms with Gasteiger partial charge >= 0.3 is 5.69 Å². The van der Waals surface area contributed by atoms with Crippen LogP contribution < -0.4 is 11.2 Å². The molecule has 1 N–H and O–H groups in total. The van der Waals surface area contributed by atoms with Gasteiger partial charge in [-0.25, -0.2) is 14.8 Å². The van der Waals surface area contributed by atoms with E-state index >= 15 is 0 Å². The molecule has 7 nitrogen and oxygen atoms in total. The molecule has 0 aliphatic rings. The van der Waals surface area contributed by atoms with Crippen LogP contribution in [-0.4, -0.2) is 24.1 Å². The molecule has 3 heterocycles. The summed E-state index contributed by atoms with van der Waals surface area (Å²) in [6.45, 7) is 5.21. The molecule has 1 aromatic carbocycles. The minimum Gasteiger partial charge on any atom is -0.322 e. The highest BCUT2D eigenvalue weighted by molar-refractivity contribution is 8.00. The number of fused-ring (bicyclic) bond motifs is 2. The Hall–Kier alpha value is -2.39. The van der Waals surface area contributed by atoms with E-state index in [1.165, 1.54) is 0 Å². The van der Waals surface area contributed by atoms with E-state index in [2.05, 4.69) is 27.9 Å². The lowest BCUT2D eigenvalue weighted by Gasteiger charge is -2.06. The minimum absolute atomic E-state index is 0.377. The van der Waals surface area contributed by atoms with Crippen LogP contribution in [0.4, 0.5) is 0 Å². The van der Waals surface area contributed by atoms with Gasteiger partial charge in [0.05, 0.1) is 16.0 Å². The van der Waals surface area contributed by atoms with Gasteiger partial charge in [0.15, 0.2) is 15.5 Å². The third kappa shape index (κ3) is 3.40. The van der Waals surface area contributed by atoms with Gasteiger partial charge in [-0.05, 0) is 25.5 Å². The topological polar surface area (TPSA) is 85.6 Å². The van der Waals surface area contributed by atoms with Crippen molar-refractivity contribution in [2.45, 2.75) is 49.9 Å². The number of thioether (sulfide) groups is 1. The van der Waals surface area contributed by atoms with Crippen LogP contribution >= 0.6 is 23.1 Å². The standard InChI is InChI=1S/C19H21N5O2S2/c1-3-5-10-24-16-15(17(25)22-18(24)26)23(4-2)14(21-16)11-27-19-20-12-8-6-7-9-13(12)28-19/h6-9H,3-5,10-11H2,1-2H3,(H,22,25,26). The second-order valence-corrected chi connectivity index (χ2v) is 8.70. The van der Waals surface area contributed by atoms with E-state index in [0.29, 0.717) is 30.0 Å². The van der Waals surface area contributed by atoms with Crippen molar-refractivity contribution >= 4 is 44.5 Å². The molecule has 28 heavy (non-hydrogen) atoms. The van der Waals surface area contributed by atoms with Crippen LogP contribution in [0, 0.1) is 0 Å². The summed E-state index contributed by atoms with van der Waals surface area (Å²) in [5.74, 6) is 1.37. The van der Waals surface area contributed by atoms with Crippen molar-refractivity contribution in [1.29, 1.82) is 0 Å². The molecule has 0 saturated carbocycles. The third-order valence-corrected chi connectivity index (χ3v) is 6.79. The number of unbranched alkanes of at least 4 members (excludes halogenated alkanes) is 1. The molecular formula is C19H21N5O2S2. The Balaban J connectivity index is 1.72.